The van der Waals surface area contributed by atoms with Crippen LogP contribution < -0.4 is 0 Å². The normalized spacial score (nSPS) is 11.3. The Hall–Kier alpha value is -1.66. The molecule has 2 rings (SSSR count). The molecule has 2 aromatic rings. The number of Topliss-reactive ketones (excluding diaryl/α,β-unsaturated/α-hetero) is 1. The number of sulfone groups is 1. The van der Waals surface area contributed by atoms with Crippen molar-refractivity contribution in [2.45, 2.75) is 17.6 Å². The van der Waals surface area contributed by atoms with Crippen LogP contribution in [-0.2, 0) is 15.6 Å². The van der Waals surface area contributed by atoms with Crippen molar-refractivity contribution in [2.75, 3.05) is 0 Å². The number of ketones is 1. The van der Waals surface area contributed by atoms with Gasteiger partial charge in [-0.15, -0.1) is 0 Å². The molecule has 1 N–H and O–H groups in total. The Labute approximate surface area is 131 Å². The SMILES string of the molecule is CC(=O)c1ccc(O)c(CS(=O)(=O)c2ccc(Br)cc2)c1. The van der Waals surface area contributed by atoms with Crippen LogP contribution in [-0.4, -0.2) is 19.3 Å². The Bertz CT molecular complexity index is 780. The van der Waals surface area contributed by atoms with Gasteiger partial charge >= 0.3 is 0 Å². The summed E-state index contributed by atoms with van der Waals surface area (Å²) in [6, 6.07) is 10.5. The number of rotatable bonds is 4. The minimum absolute atomic E-state index is 0.138. The summed E-state index contributed by atoms with van der Waals surface area (Å²) in [4.78, 5) is 11.5. The highest BCUT2D eigenvalue weighted by Gasteiger charge is 2.18. The van der Waals surface area contributed by atoms with Crippen LogP contribution >= 0.6 is 15.9 Å². The summed E-state index contributed by atoms with van der Waals surface area (Å²) in [5.41, 5.74) is 0.583. The third-order valence-corrected chi connectivity index (χ3v) is 5.21. The molecule has 0 amide bonds. The lowest BCUT2D eigenvalue weighted by molar-refractivity contribution is 0.101. The van der Waals surface area contributed by atoms with Crippen LogP contribution in [0.2, 0.25) is 0 Å². The molecule has 0 unspecified atom stereocenters. The van der Waals surface area contributed by atoms with Crippen LogP contribution in [0.1, 0.15) is 22.8 Å². The monoisotopic (exact) mass is 368 g/mol. The van der Waals surface area contributed by atoms with Gasteiger partial charge in [0.2, 0.25) is 0 Å². The van der Waals surface area contributed by atoms with Gasteiger partial charge in [-0.05, 0) is 49.4 Å². The minimum Gasteiger partial charge on any atom is -0.508 e. The molecule has 0 aliphatic heterocycles. The molecule has 110 valence electrons. The lowest BCUT2D eigenvalue weighted by atomic mass is 10.1. The van der Waals surface area contributed by atoms with Crippen molar-refractivity contribution in [1.29, 1.82) is 0 Å². The summed E-state index contributed by atoms with van der Waals surface area (Å²) in [6.45, 7) is 1.39. The van der Waals surface area contributed by atoms with Crippen molar-refractivity contribution in [3.05, 3.63) is 58.1 Å². The fourth-order valence-corrected chi connectivity index (χ4v) is 3.47. The Balaban J connectivity index is 2.38. The van der Waals surface area contributed by atoms with E-state index in [-0.39, 0.29) is 27.7 Å². The number of benzene rings is 2. The van der Waals surface area contributed by atoms with E-state index in [1.165, 1.54) is 37.3 Å². The van der Waals surface area contributed by atoms with Gasteiger partial charge in [-0.2, -0.15) is 0 Å². The van der Waals surface area contributed by atoms with E-state index in [2.05, 4.69) is 15.9 Å². The Kier molecular flexibility index (Phi) is 4.49. The van der Waals surface area contributed by atoms with Gasteiger partial charge in [-0.1, -0.05) is 15.9 Å². The van der Waals surface area contributed by atoms with Crippen molar-refractivity contribution in [3.8, 4) is 5.75 Å². The zero-order chi connectivity index (χ0) is 15.6. The molecule has 0 aromatic heterocycles. The first kappa shape index (κ1) is 15.7. The predicted octanol–water partition coefficient (Wildman–Crippen LogP) is 3.33. The van der Waals surface area contributed by atoms with Crippen LogP contribution in [0.25, 0.3) is 0 Å². The fourth-order valence-electron chi connectivity index (χ4n) is 1.85. The second-order valence-electron chi connectivity index (χ2n) is 4.61. The molecule has 0 aliphatic rings. The van der Waals surface area contributed by atoms with Crippen molar-refractivity contribution < 1.29 is 18.3 Å². The standard InChI is InChI=1S/C15H13BrO4S/c1-10(17)11-2-7-15(18)12(8-11)9-21(19,20)14-5-3-13(16)4-6-14/h2-8,18H,9H2,1H3. The molecule has 2 aromatic carbocycles. The summed E-state index contributed by atoms with van der Waals surface area (Å²) in [7, 11) is -3.59. The highest BCUT2D eigenvalue weighted by molar-refractivity contribution is 9.10. The molecule has 0 heterocycles. The molecule has 0 aliphatic carbocycles. The average molecular weight is 369 g/mol. The average Bonchev–Trinajstić information content (AvgIpc) is 2.41. The van der Waals surface area contributed by atoms with E-state index in [4.69, 9.17) is 0 Å². The van der Waals surface area contributed by atoms with Crippen molar-refractivity contribution in [1.82, 2.24) is 0 Å². The van der Waals surface area contributed by atoms with E-state index in [9.17, 15) is 18.3 Å². The summed E-state index contributed by atoms with van der Waals surface area (Å²) in [5.74, 6) is -0.681. The molecule has 0 radical (unpaired) electrons. The molecule has 0 bridgehead atoms. The lowest BCUT2D eigenvalue weighted by Gasteiger charge is -2.08. The zero-order valence-corrected chi connectivity index (χ0v) is 13.6. The number of halogens is 1. The van der Waals surface area contributed by atoms with Crippen LogP contribution in [0, 0.1) is 0 Å². The van der Waals surface area contributed by atoms with E-state index >= 15 is 0 Å². The van der Waals surface area contributed by atoms with Crippen molar-refractivity contribution in [3.63, 3.8) is 0 Å². The second-order valence-corrected chi connectivity index (χ2v) is 7.52. The molecular weight excluding hydrogens is 356 g/mol. The third-order valence-electron chi connectivity index (χ3n) is 3.00. The van der Waals surface area contributed by atoms with Crippen LogP contribution in [0.15, 0.2) is 51.8 Å². The largest absolute Gasteiger partial charge is 0.508 e. The number of phenolic OH excluding ortho intramolecular Hbond substituents is 1. The topological polar surface area (TPSA) is 71.4 Å². The molecular formula is C15H13BrO4S. The number of hydrogen-bond acceptors (Lipinski definition) is 4. The van der Waals surface area contributed by atoms with Crippen LogP contribution in [0.3, 0.4) is 0 Å². The number of carbonyl (C=O) groups is 1. The first-order chi connectivity index (χ1) is 9.79. The molecule has 0 spiro atoms. The van der Waals surface area contributed by atoms with Crippen LogP contribution in [0.4, 0.5) is 0 Å². The number of aromatic hydroxyl groups is 1. The molecule has 0 atom stereocenters. The van der Waals surface area contributed by atoms with E-state index < -0.39 is 9.84 Å². The highest BCUT2D eigenvalue weighted by atomic mass is 79.9. The van der Waals surface area contributed by atoms with Gasteiger partial charge in [-0.3, -0.25) is 4.79 Å². The maximum absolute atomic E-state index is 12.3. The maximum atomic E-state index is 12.3. The first-order valence-electron chi connectivity index (χ1n) is 6.11. The van der Waals surface area contributed by atoms with Gasteiger partial charge < -0.3 is 5.11 Å². The van der Waals surface area contributed by atoms with Gasteiger partial charge in [0.15, 0.2) is 15.6 Å². The molecule has 4 nitrogen and oxygen atoms in total. The quantitative estimate of drug-likeness (QED) is 0.840. The lowest BCUT2D eigenvalue weighted by Crippen LogP contribution is -2.06. The zero-order valence-electron chi connectivity index (χ0n) is 11.2. The van der Waals surface area contributed by atoms with Gasteiger partial charge in [0.25, 0.3) is 0 Å². The van der Waals surface area contributed by atoms with E-state index in [0.717, 1.165) is 4.47 Å². The van der Waals surface area contributed by atoms with Gasteiger partial charge in [-0.25, -0.2) is 8.42 Å². The summed E-state index contributed by atoms with van der Waals surface area (Å²) in [5, 5.41) is 9.79. The van der Waals surface area contributed by atoms with Crippen LogP contribution in [0.5, 0.6) is 5.75 Å². The second kappa shape index (κ2) is 5.99. The van der Waals surface area contributed by atoms with E-state index in [1.807, 2.05) is 0 Å². The number of phenols is 1. The fraction of sp³-hybridized carbons (Fsp3) is 0.133. The van der Waals surface area contributed by atoms with Gasteiger partial charge in [0, 0.05) is 15.6 Å². The Morgan fingerprint density at radius 3 is 2.33 bits per heavy atom. The van der Waals surface area contributed by atoms with Gasteiger partial charge in [0.05, 0.1) is 10.6 Å². The maximum Gasteiger partial charge on any atom is 0.182 e. The van der Waals surface area contributed by atoms with Crippen molar-refractivity contribution >= 4 is 31.6 Å². The number of hydrogen-bond donors (Lipinski definition) is 1. The molecule has 0 fully saturated rings. The summed E-state index contributed by atoms with van der Waals surface area (Å²) >= 11 is 3.24. The Morgan fingerprint density at radius 1 is 1.14 bits per heavy atom. The predicted molar refractivity (Wildman–Crippen MR) is 83.1 cm³/mol. The molecule has 0 saturated carbocycles. The van der Waals surface area contributed by atoms with Gasteiger partial charge in [0.1, 0.15) is 5.75 Å². The molecule has 6 heteroatoms. The first-order valence-corrected chi connectivity index (χ1v) is 8.55. The number of carbonyl (C=O) groups excluding carboxylic acids is 1. The van der Waals surface area contributed by atoms with Crippen molar-refractivity contribution in [2.24, 2.45) is 0 Å². The molecule has 21 heavy (non-hydrogen) atoms. The Morgan fingerprint density at radius 2 is 1.76 bits per heavy atom. The summed E-state index contributed by atoms with van der Waals surface area (Å²) < 4.78 is 25.5. The minimum atomic E-state index is -3.59. The third kappa shape index (κ3) is 3.71. The highest BCUT2D eigenvalue weighted by Crippen LogP contribution is 2.25. The van der Waals surface area contributed by atoms with E-state index in [0.29, 0.717) is 5.56 Å². The summed E-state index contributed by atoms with van der Waals surface area (Å²) in [6.07, 6.45) is 0. The smallest absolute Gasteiger partial charge is 0.182 e. The van der Waals surface area contributed by atoms with E-state index in [1.54, 1.807) is 12.1 Å². The molecule has 0 saturated heterocycles.